The van der Waals surface area contributed by atoms with Crippen molar-refractivity contribution in [1.29, 1.82) is 0 Å². The van der Waals surface area contributed by atoms with E-state index in [4.69, 9.17) is 5.73 Å². The number of nitrogens with zero attached hydrogens (tertiary/aromatic N) is 2. The smallest absolute Gasteiger partial charge is 0.0113 e. The molecular weight excluding hydrogens is 234 g/mol. The highest BCUT2D eigenvalue weighted by Gasteiger charge is 2.29. The molecule has 0 bridgehead atoms. The first-order chi connectivity index (χ1) is 9.33. The van der Waals surface area contributed by atoms with Crippen LogP contribution in [-0.2, 0) is 0 Å². The summed E-state index contributed by atoms with van der Waals surface area (Å²) < 4.78 is 0. The molecule has 0 amide bonds. The second-order valence-electron chi connectivity index (χ2n) is 6.98. The Kier molecular flexibility index (Phi) is 4.78. The van der Waals surface area contributed by atoms with Crippen LogP contribution in [0, 0.1) is 5.92 Å². The monoisotopic (exact) mass is 265 g/mol. The summed E-state index contributed by atoms with van der Waals surface area (Å²) in [4.78, 5) is 5.44. The van der Waals surface area contributed by atoms with Gasteiger partial charge in [0.1, 0.15) is 0 Å². The van der Waals surface area contributed by atoms with Gasteiger partial charge < -0.3 is 10.6 Å². The molecule has 2 atom stereocenters. The Hall–Kier alpha value is -0.120. The Labute approximate surface area is 118 Å². The van der Waals surface area contributed by atoms with Crippen LogP contribution in [0.4, 0.5) is 0 Å². The van der Waals surface area contributed by atoms with Crippen molar-refractivity contribution < 1.29 is 0 Å². The van der Waals surface area contributed by atoms with Crippen molar-refractivity contribution in [2.75, 3.05) is 32.7 Å². The standard InChI is InChI=1S/C16H31N3/c17-16-8-4-1-5-14(16)13-18-9-11-19(12-10-18)15-6-2-3-7-15/h14-16H,1-13,17H2. The molecule has 3 aliphatic rings. The number of piperazine rings is 1. The second kappa shape index (κ2) is 6.55. The third-order valence-electron chi connectivity index (χ3n) is 5.71. The Morgan fingerprint density at radius 3 is 2.11 bits per heavy atom. The molecule has 3 fully saturated rings. The Morgan fingerprint density at radius 2 is 1.42 bits per heavy atom. The van der Waals surface area contributed by atoms with Gasteiger partial charge in [0.2, 0.25) is 0 Å². The van der Waals surface area contributed by atoms with E-state index in [1.807, 2.05) is 0 Å². The van der Waals surface area contributed by atoms with Crippen LogP contribution in [0.25, 0.3) is 0 Å². The molecule has 0 aromatic rings. The normalized spacial score (nSPS) is 35.8. The lowest BCUT2D eigenvalue weighted by atomic mass is 9.84. The number of hydrogen-bond acceptors (Lipinski definition) is 3. The fourth-order valence-corrected chi connectivity index (χ4v) is 4.38. The molecule has 2 aliphatic carbocycles. The van der Waals surface area contributed by atoms with Crippen LogP contribution in [-0.4, -0.2) is 54.6 Å². The summed E-state index contributed by atoms with van der Waals surface area (Å²) in [5, 5.41) is 0. The summed E-state index contributed by atoms with van der Waals surface area (Å²) >= 11 is 0. The highest BCUT2D eigenvalue weighted by molar-refractivity contribution is 4.85. The van der Waals surface area contributed by atoms with E-state index in [-0.39, 0.29) is 0 Å². The van der Waals surface area contributed by atoms with Crippen molar-refractivity contribution in [2.45, 2.75) is 63.5 Å². The van der Waals surface area contributed by atoms with Gasteiger partial charge >= 0.3 is 0 Å². The quantitative estimate of drug-likeness (QED) is 0.848. The summed E-state index contributed by atoms with van der Waals surface area (Å²) in [5.74, 6) is 0.770. The summed E-state index contributed by atoms with van der Waals surface area (Å²) in [6, 6.07) is 1.39. The maximum atomic E-state index is 6.29. The van der Waals surface area contributed by atoms with Crippen molar-refractivity contribution in [1.82, 2.24) is 9.80 Å². The Bertz CT molecular complexity index is 267. The van der Waals surface area contributed by atoms with Gasteiger partial charge in [0.05, 0.1) is 0 Å². The third kappa shape index (κ3) is 3.50. The largest absolute Gasteiger partial charge is 0.327 e. The molecule has 1 aliphatic heterocycles. The van der Waals surface area contributed by atoms with E-state index < -0.39 is 0 Å². The zero-order chi connectivity index (χ0) is 13.1. The van der Waals surface area contributed by atoms with Crippen LogP contribution >= 0.6 is 0 Å². The van der Waals surface area contributed by atoms with Crippen LogP contribution in [0.2, 0.25) is 0 Å². The van der Waals surface area contributed by atoms with Crippen LogP contribution in [0.3, 0.4) is 0 Å². The van der Waals surface area contributed by atoms with Crippen molar-refractivity contribution >= 4 is 0 Å². The summed E-state index contributed by atoms with van der Waals surface area (Å²) in [6.45, 7) is 6.42. The van der Waals surface area contributed by atoms with Crippen LogP contribution in [0.5, 0.6) is 0 Å². The van der Waals surface area contributed by atoms with Gasteiger partial charge in [-0.25, -0.2) is 0 Å². The first-order valence-electron chi connectivity index (χ1n) is 8.55. The van der Waals surface area contributed by atoms with Crippen molar-refractivity contribution in [2.24, 2.45) is 11.7 Å². The first-order valence-corrected chi connectivity index (χ1v) is 8.55. The minimum absolute atomic E-state index is 0.474. The van der Waals surface area contributed by atoms with Gasteiger partial charge in [-0.05, 0) is 31.6 Å². The first kappa shape index (κ1) is 13.8. The molecule has 2 saturated carbocycles. The van der Waals surface area contributed by atoms with E-state index in [9.17, 15) is 0 Å². The van der Waals surface area contributed by atoms with Crippen LogP contribution < -0.4 is 5.73 Å². The maximum Gasteiger partial charge on any atom is 0.0113 e. The van der Waals surface area contributed by atoms with Crippen molar-refractivity contribution in [3.63, 3.8) is 0 Å². The Balaban J connectivity index is 1.42. The third-order valence-corrected chi connectivity index (χ3v) is 5.71. The van der Waals surface area contributed by atoms with E-state index >= 15 is 0 Å². The lowest BCUT2D eigenvalue weighted by Gasteiger charge is -2.40. The molecule has 1 heterocycles. The zero-order valence-corrected chi connectivity index (χ0v) is 12.4. The topological polar surface area (TPSA) is 32.5 Å². The maximum absolute atomic E-state index is 6.29. The van der Waals surface area contributed by atoms with E-state index in [0.29, 0.717) is 6.04 Å². The van der Waals surface area contributed by atoms with E-state index in [2.05, 4.69) is 9.80 Å². The van der Waals surface area contributed by atoms with Gasteiger partial charge in [-0.2, -0.15) is 0 Å². The van der Waals surface area contributed by atoms with E-state index in [0.717, 1.165) is 12.0 Å². The molecule has 0 radical (unpaired) electrons. The van der Waals surface area contributed by atoms with Gasteiger partial charge in [-0.1, -0.05) is 25.7 Å². The Morgan fingerprint density at radius 1 is 0.789 bits per heavy atom. The average Bonchev–Trinajstić information content (AvgIpc) is 2.96. The molecule has 3 heteroatoms. The summed E-state index contributed by atoms with van der Waals surface area (Å²) in [6.07, 6.45) is 11.2. The summed E-state index contributed by atoms with van der Waals surface area (Å²) in [7, 11) is 0. The fraction of sp³-hybridized carbons (Fsp3) is 1.00. The molecular formula is C16H31N3. The molecule has 0 aromatic carbocycles. The van der Waals surface area contributed by atoms with E-state index in [1.54, 1.807) is 0 Å². The summed E-state index contributed by atoms with van der Waals surface area (Å²) in [5.41, 5.74) is 6.29. The van der Waals surface area contributed by atoms with Gasteiger partial charge in [0.25, 0.3) is 0 Å². The number of rotatable bonds is 3. The molecule has 1 saturated heterocycles. The van der Waals surface area contributed by atoms with Crippen LogP contribution in [0.15, 0.2) is 0 Å². The van der Waals surface area contributed by atoms with Gasteiger partial charge in [0, 0.05) is 44.8 Å². The predicted molar refractivity (Wildman–Crippen MR) is 80.2 cm³/mol. The van der Waals surface area contributed by atoms with Crippen molar-refractivity contribution in [3.05, 3.63) is 0 Å². The molecule has 110 valence electrons. The molecule has 3 nitrogen and oxygen atoms in total. The van der Waals surface area contributed by atoms with Gasteiger partial charge in [0.15, 0.2) is 0 Å². The second-order valence-corrected chi connectivity index (χ2v) is 6.98. The van der Waals surface area contributed by atoms with E-state index in [1.165, 1.54) is 84.1 Å². The molecule has 19 heavy (non-hydrogen) atoms. The molecule has 2 N–H and O–H groups in total. The number of nitrogens with two attached hydrogens (primary N) is 1. The SMILES string of the molecule is NC1CCCCC1CN1CCN(C2CCCC2)CC1. The number of hydrogen-bond donors (Lipinski definition) is 1. The van der Waals surface area contributed by atoms with Crippen LogP contribution in [0.1, 0.15) is 51.4 Å². The van der Waals surface area contributed by atoms with Crippen molar-refractivity contribution in [3.8, 4) is 0 Å². The highest BCUT2D eigenvalue weighted by Crippen LogP contribution is 2.26. The zero-order valence-electron chi connectivity index (χ0n) is 12.4. The minimum Gasteiger partial charge on any atom is -0.327 e. The fourth-order valence-electron chi connectivity index (χ4n) is 4.38. The lowest BCUT2D eigenvalue weighted by molar-refractivity contribution is 0.0791. The average molecular weight is 265 g/mol. The molecule has 3 rings (SSSR count). The lowest BCUT2D eigenvalue weighted by Crippen LogP contribution is -2.52. The van der Waals surface area contributed by atoms with Gasteiger partial charge in [-0.15, -0.1) is 0 Å². The van der Waals surface area contributed by atoms with Gasteiger partial charge in [-0.3, -0.25) is 4.90 Å². The molecule has 0 spiro atoms. The highest BCUT2D eigenvalue weighted by atomic mass is 15.3. The molecule has 2 unspecified atom stereocenters. The minimum atomic E-state index is 0.474. The predicted octanol–water partition coefficient (Wildman–Crippen LogP) is 2.06. The molecule has 0 aromatic heterocycles.